The number of quaternary nitrogens is 1. The fraction of sp³-hybridized carbons (Fsp3) is 0.257. The second-order valence-corrected chi connectivity index (χ2v) is 11.8. The molecule has 0 aliphatic heterocycles. The highest BCUT2D eigenvalue weighted by molar-refractivity contribution is 7.16. The Morgan fingerprint density at radius 3 is 1.46 bits per heavy atom. The smallest absolute Gasteiger partial charge is 0.149 e. The van der Waals surface area contributed by atoms with Gasteiger partial charge in [-0.05, 0) is 43.5 Å². The largest absolute Gasteiger partial charge is 0.494 e. The summed E-state index contributed by atoms with van der Waals surface area (Å²) in [5.74, 6) is 8.13. The van der Waals surface area contributed by atoms with E-state index in [2.05, 4.69) is 131 Å². The number of unbranched alkanes of at least 4 members (excludes halogenated alkanes) is 1. The van der Waals surface area contributed by atoms with Crippen LogP contribution in [-0.4, -0.2) is 45.4 Å². The maximum Gasteiger partial charge on any atom is 0.149 e. The molecule has 0 amide bonds. The minimum atomic E-state index is -1.41. The van der Waals surface area contributed by atoms with Crippen molar-refractivity contribution in [2.24, 2.45) is 0 Å². The lowest BCUT2D eigenvalue weighted by molar-refractivity contribution is -0.849. The van der Waals surface area contributed by atoms with Crippen LogP contribution >= 0.6 is 11.6 Å². The monoisotopic (exact) mass is 537 g/mol. The number of rotatable bonds is 7. The Labute approximate surface area is 241 Å². The van der Waals surface area contributed by atoms with E-state index in [-0.39, 0.29) is 0 Å². The molecule has 0 aliphatic rings. The molecule has 2 nitrogen and oxygen atoms in total. The average Bonchev–Trinajstić information content (AvgIpc) is 2.92. The van der Waals surface area contributed by atoms with Gasteiger partial charge in [0.1, 0.15) is 11.9 Å². The van der Waals surface area contributed by atoms with Crippen LogP contribution in [0.2, 0.25) is 5.02 Å². The summed E-state index contributed by atoms with van der Waals surface area (Å²) in [7, 11) is 8.50. The molecular weight excluding hydrogens is 497 g/mol. The van der Waals surface area contributed by atoms with Crippen LogP contribution in [-0.2, 0) is 0 Å². The first-order valence-corrected chi connectivity index (χ1v) is 14.0. The van der Waals surface area contributed by atoms with Crippen molar-refractivity contribution in [1.82, 2.24) is 0 Å². The number of nitrogens with zero attached hydrogens (tertiary/aromatic N) is 1. The lowest BCUT2D eigenvalue weighted by Crippen LogP contribution is -2.66. The summed E-state index contributed by atoms with van der Waals surface area (Å²) in [6, 6.07) is 36.0. The molecule has 0 bridgehead atoms. The minimum Gasteiger partial charge on any atom is -0.494 e. The normalized spacial score (nSPS) is 11.1. The molecule has 202 valence electrons. The lowest BCUT2D eigenvalue weighted by Gasteiger charge is -2.38. The molecule has 4 aromatic rings. The van der Waals surface area contributed by atoms with Gasteiger partial charge in [-0.1, -0.05) is 103 Å². The molecule has 4 heteroatoms. The molecule has 0 spiro atoms. The lowest BCUT2D eigenvalue weighted by atomic mass is 9.16. The summed E-state index contributed by atoms with van der Waals surface area (Å²) in [4.78, 5) is 0. The zero-order chi connectivity index (χ0) is 28.3. The topological polar surface area (TPSA) is 9.23 Å². The molecule has 0 saturated heterocycles. The summed E-state index contributed by atoms with van der Waals surface area (Å²) in [5.41, 5.74) is 5.78. The van der Waals surface area contributed by atoms with Crippen LogP contribution in [0, 0.1) is 25.6 Å². The molecule has 0 saturated carbocycles. The Balaban J connectivity index is 0.000000771. The third-order valence-corrected chi connectivity index (χ3v) is 6.94. The van der Waals surface area contributed by atoms with Gasteiger partial charge in [0.25, 0.3) is 0 Å². The van der Waals surface area contributed by atoms with Gasteiger partial charge in [0, 0.05) is 11.4 Å². The second kappa shape index (κ2) is 14.1. The van der Waals surface area contributed by atoms with Crippen LogP contribution < -0.4 is 21.1 Å². The van der Waals surface area contributed by atoms with Crippen molar-refractivity contribution in [1.29, 1.82) is 0 Å². The molecule has 0 fully saturated rings. The van der Waals surface area contributed by atoms with E-state index in [9.17, 15) is 0 Å². The zero-order valence-corrected chi connectivity index (χ0v) is 25.0. The second-order valence-electron chi connectivity index (χ2n) is 11.4. The first-order valence-electron chi connectivity index (χ1n) is 13.6. The molecule has 0 atom stereocenters. The first-order chi connectivity index (χ1) is 18.6. The van der Waals surface area contributed by atoms with Crippen LogP contribution in [0.3, 0.4) is 0 Å². The number of aryl methyl sites for hydroxylation is 2. The van der Waals surface area contributed by atoms with E-state index < -0.39 is 6.15 Å². The van der Waals surface area contributed by atoms with E-state index in [0.717, 1.165) is 39.2 Å². The van der Waals surface area contributed by atoms with Crippen molar-refractivity contribution in [3.05, 3.63) is 119 Å². The van der Waals surface area contributed by atoms with Crippen LogP contribution in [0.5, 0.6) is 5.75 Å². The standard InChI is InChI=1S/C31H29BClO.C4H12N/c1-25-23-30(24-26(2)31(25)33)34-22-14-6-13-21-32(27-15-7-3-8-16-27,28-17-9-4-10-18-28)29-19-11-5-12-20-29;1-5(2,3)4/h3-5,7-12,15-20,23-24H,6,14,22H2,1-2H3;1-4H3/q-1;+1. The van der Waals surface area contributed by atoms with Gasteiger partial charge >= 0.3 is 0 Å². The predicted octanol–water partition coefficient (Wildman–Crippen LogP) is 6.15. The van der Waals surface area contributed by atoms with Gasteiger partial charge in [-0.2, -0.15) is 16.4 Å². The maximum absolute atomic E-state index is 6.27. The molecule has 0 heterocycles. The molecule has 0 N–H and O–H groups in total. The number of hydrogen-bond acceptors (Lipinski definition) is 1. The quantitative estimate of drug-likeness (QED) is 0.119. The van der Waals surface area contributed by atoms with E-state index >= 15 is 0 Å². The summed E-state index contributed by atoms with van der Waals surface area (Å²) < 4.78 is 6.99. The third-order valence-electron chi connectivity index (χ3n) is 6.34. The van der Waals surface area contributed by atoms with Gasteiger partial charge in [0.2, 0.25) is 0 Å². The van der Waals surface area contributed by atoms with Crippen LogP contribution in [0.4, 0.5) is 0 Å². The Morgan fingerprint density at radius 2 is 1.08 bits per heavy atom. The predicted molar refractivity (Wildman–Crippen MR) is 171 cm³/mol. The van der Waals surface area contributed by atoms with Gasteiger partial charge in [-0.3, -0.25) is 5.82 Å². The van der Waals surface area contributed by atoms with Gasteiger partial charge < -0.3 is 9.22 Å². The highest BCUT2D eigenvalue weighted by Gasteiger charge is 2.27. The van der Waals surface area contributed by atoms with Gasteiger partial charge in [-0.15, -0.1) is 5.92 Å². The maximum atomic E-state index is 6.27. The van der Waals surface area contributed by atoms with Gasteiger partial charge in [0.15, 0.2) is 0 Å². The SMILES string of the molecule is C[N+](C)(C)C.Cc1cc(OCCCC#C[B-](c2ccccc2)(c2ccccc2)c2ccccc2)cc(C)c1Cl. The Hall–Kier alpha value is -3.45. The molecule has 0 aliphatic carbocycles. The Kier molecular flexibility index (Phi) is 10.9. The summed E-state index contributed by atoms with van der Waals surface area (Å²) in [6.45, 7) is 4.63. The summed E-state index contributed by atoms with van der Waals surface area (Å²) in [6.07, 6.45) is 0.213. The van der Waals surface area contributed by atoms with Crippen LogP contribution in [0.1, 0.15) is 24.0 Å². The third kappa shape index (κ3) is 8.79. The minimum absolute atomic E-state index is 0.622. The van der Waals surface area contributed by atoms with E-state index in [1.54, 1.807) is 0 Å². The fourth-order valence-corrected chi connectivity index (χ4v) is 4.73. The number of ether oxygens (including phenoxy) is 1. The van der Waals surface area contributed by atoms with Crippen LogP contribution in [0.25, 0.3) is 0 Å². The van der Waals surface area contributed by atoms with Gasteiger partial charge in [-0.25, -0.2) is 0 Å². The highest BCUT2D eigenvalue weighted by Crippen LogP contribution is 2.25. The number of halogens is 1. The zero-order valence-electron chi connectivity index (χ0n) is 24.2. The van der Waals surface area contributed by atoms with E-state index in [1.165, 1.54) is 16.4 Å². The van der Waals surface area contributed by atoms with E-state index in [4.69, 9.17) is 16.3 Å². The summed E-state index contributed by atoms with van der Waals surface area (Å²) in [5, 5.41) is 0.805. The Bertz CT molecular complexity index is 1240. The summed E-state index contributed by atoms with van der Waals surface area (Å²) >= 11 is 6.27. The number of benzene rings is 4. The highest BCUT2D eigenvalue weighted by atomic mass is 35.5. The molecule has 0 aromatic heterocycles. The Morgan fingerprint density at radius 1 is 0.692 bits per heavy atom. The molecule has 4 aromatic carbocycles. The van der Waals surface area contributed by atoms with Crippen LogP contribution in [0.15, 0.2) is 103 Å². The van der Waals surface area contributed by atoms with Gasteiger partial charge in [0.05, 0.1) is 34.8 Å². The first kappa shape index (κ1) is 30.1. The van der Waals surface area contributed by atoms with E-state index in [0.29, 0.717) is 6.61 Å². The average molecular weight is 538 g/mol. The molecule has 0 unspecified atom stereocenters. The van der Waals surface area contributed by atoms with Crippen molar-refractivity contribution in [3.8, 4) is 17.5 Å². The van der Waals surface area contributed by atoms with Crippen molar-refractivity contribution in [2.45, 2.75) is 26.7 Å². The van der Waals surface area contributed by atoms with Crippen molar-refractivity contribution < 1.29 is 9.22 Å². The molecular formula is C35H41BClNO. The van der Waals surface area contributed by atoms with Crippen molar-refractivity contribution >= 4 is 34.1 Å². The molecule has 4 rings (SSSR count). The number of hydrogen-bond donors (Lipinski definition) is 0. The van der Waals surface area contributed by atoms with Crippen molar-refractivity contribution in [3.63, 3.8) is 0 Å². The fourth-order valence-electron chi connectivity index (χ4n) is 4.62. The van der Waals surface area contributed by atoms with E-state index in [1.807, 2.05) is 26.0 Å². The van der Waals surface area contributed by atoms with Crippen molar-refractivity contribution in [2.75, 3.05) is 34.8 Å². The molecule has 39 heavy (non-hydrogen) atoms. The molecule has 0 radical (unpaired) electrons.